The van der Waals surface area contributed by atoms with Crippen LogP contribution in [-0.4, -0.2) is 42.2 Å². The normalized spacial score (nSPS) is 18.1. The fourth-order valence-electron chi connectivity index (χ4n) is 2.51. The number of aliphatic carboxylic acids is 1. The van der Waals surface area contributed by atoms with Gasteiger partial charge in [-0.2, -0.15) is 0 Å². The molecule has 0 bridgehead atoms. The minimum atomic E-state index is -0.767. The van der Waals surface area contributed by atoms with Crippen molar-refractivity contribution in [3.8, 4) is 0 Å². The van der Waals surface area contributed by atoms with Crippen LogP contribution in [-0.2, 0) is 9.53 Å². The minimum absolute atomic E-state index is 0.185. The van der Waals surface area contributed by atoms with E-state index in [9.17, 15) is 9.59 Å². The van der Waals surface area contributed by atoms with Gasteiger partial charge in [0.2, 0.25) is 0 Å². The number of carbonyl (C=O) groups is 2. The highest BCUT2D eigenvalue weighted by atomic mass is 16.5. The number of anilines is 1. The Morgan fingerprint density at radius 3 is 3.05 bits per heavy atom. The Balaban J connectivity index is 2.06. The second-order valence-electron chi connectivity index (χ2n) is 4.90. The summed E-state index contributed by atoms with van der Waals surface area (Å²) in [6.45, 7) is 1.51. The van der Waals surface area contributed by atoms with Gasteiger partial charge < -0.3 is 14.7 Å². The molecule has 20 heavy (non-hydrogen) atoms. The summed E-state index contributed by atoms with van der Waals surface area (Å²) < 4.78 is 4.76. The van der Waals surface area contributed by atoms with Gasteiger partial charge in [0, 0.05) is 25.7 Å². The molecule has 6 heteroatoms. The lowest BCUT2D eigenvalue weighted by Crippen LogP contribution is -2.23. The van der Waals surface area contributed by atoms with Crippen molar-refractivity contribution in [2.45, 2.75) is 19.3 Å². The van der Waals surface area contributed by atoms with Crippen molar-refractivity contribution in [3.63, 3.8) is 0 Å². The van der Waals surface area contributed by atoms with Gasteiger partial charge in [-0.05, 0) is 30.9 Å². The van der Waals surface area contributed by atoms with E-state index in [0.717, 1.165) is 19.5 Å². The number of carboxylic acid groups (broad SMARTS) is 1. The molecule has 0 radical (unpaired) electrons. The summed E-state index contributed by atoms with van der Waals surface area (Å²) in [5, 5.41) is 8.72. The summed E-state index contributed by atoms with van der Waals surface area (Å²) >= 11 is 0. The Labute approximate surface area is 117 Å². The fraction of sp³-hybridized carbons (Fsp3) is 0.500. The number of esters is 1. The predicted molar refractivity (Wildman–Crippen MR) is 72.8 cm³/mol. The number of nitrogens with zero attached hydrogens (tertiary/aromatic N) is 2. The first-order valence-corrected chi connectivity index (χ1v) is 6.62. The van der Waals surface area contributed by atoms with E-state index in [1.807, 2.05) is 4.90 Å². The fourth-order valence-corrected chi connectivity index (χ4v) is 2.51. The van der Waals surface area contributed by atoms with Gasteiger partial charge in [0.05, 0.1) is 7.11 Å². The van der Waals surface area contributed by atoms with Crippen LogP contribution < -0.4 is 4.90 Å². The van der Waals surface area contributed by atoms with E-state index in [-0.39, 0.29) is 6.42 Å². The Hall–Kier alpha value is -2.11. The zero-order chi connectivity index (χ0) is 14.5. The van der Waals surface area contributed by atoms with Crippen LogP contribution in [0.15, 0.2) is 18.3 Å². The van der Waals surface area contributed by atoms with Crippen molar-refractivity contribution in [2.24, 2.45) is 5.92 Å². The molecule has 0 saturated carbocycles. The lowest BCUT2D eigenvalue weighted by Gasteiger charge is -2.19. The van der Waals surface area contributed by atoms with Crippen molar-refractivity contribution in [3.05, 3.63) is 23.9 Å². The second kappa shape index (κ2) is 6.36. The zero-order valence-corrected chi connectivity index (χ0v) is 11.4. The Morgan fingerprint density at radius 1 is 1.55 bits per heavy atom. The van der Waals surface area contributed by atoms with E-state index in [1.54, 1.807) is 18.3 Å². The molecule has 0 spiro atoms. The van der Waals surface area contributed by atoms with Crippen LogP contribution in [0, 0.1) is 5.92 Å². The highest BCUT2D eigenvalue weighted by molar-refractivity contribution is 5.94. The summed E-state index contributed by atoms with van der Waals surface area (Å²) in [7, 11) is 1.35. The molecule has 1 aromatic rings. The van der Waals surface area contributed by atoms with Gasteiger partial charge in [-0.1, -0.05) is 0 Å². The first kappa shape index (κ1) is 14.3. The predicted octanol–water partition coefficient (Wildman–Crippen LogP) is 1.56. The van der Waals surface area contributed by atoms with Crippen LogP contribution in [0.2, 0.25) is 0 Å². The average Bonchev–Trinajstić information content (AvgIpc) is 2.93. The van der Waals surface area contributed by atoms with Crippen LogP contribution in [0.4, 0.5) is 5.82 Å². The van der Waals surface area contributed by atoms with Gasteiger partial charge in [0.25, 0.3) is 0 Å². The van der Waals surface area contributed by atoms with Crippen LogP contribution in [0.3, 0.4) is 0 Å². The van der Waals surface area contributed by atoms with E-state index in [4.69, 9.17) is 9.84 Å². The van der Waals surface area contributed by atoms with E-state index < -0.39 is 11.9 Å². The zero-order valence-electron chi connectivity index (χ0n) is 11.4. The summed E-state index contributed by atoms with van der Waals surface area (Å²) in [6.07, 6.45) is 3.41. The average molecular weight is 278 g/mol. The largest absolute Gasteiger partial charge is 0.481 e. The first-order valence-electron chi connectivity index (χ1n) is 6.62. The van der Waals surface area contributed by atoms with Crippen LogP contribution >= 0.6 is 0 Å². The van der Waals surface area contributed by atoms with Crippen molar-refractivity contribution in [2.75, 3.05) is 25.1 Å². The number of hydrogen-bond acceptors (Lipinski definition) is 5. The van der Waals surface area contributed by atoms with Crippen molar-refractivity contribution >= 4 is 17.8 Å². The van der Waals surface area contributed by atoms with Gasteiger partial charge in [0.1, 0.15) is 11.4 Å². The third-order valence-corrected chi connectivity index (χ3v) is 3.54. The number of rotatable bonds is 5. The molecule has 1 atom stereocenters. The monoisotopic (exact) mass is 278 g/mol. The van der Waals surface area contributed by atoms with Gasteiger partial charge in [-0.15, -0.1) is 0 Å². The van der Waals surface area contributed by atoms with E-state index in [1.165, 1.54) is 7.11 Å². The van der Waals surface area contributed by atoms with Crippen molar-refractivity contribution in [1.29, 1.82) is 0 Å². The Kier molecular flexibility index (Phi) is 4.55. The quantitative estimate of drug-likeness (QED) is 0.823. The summed E-state index contributed by atoms with van der Waals surface area (Å²) in [4.78, 5) is 28.6. The molecule has 0 aliphatic carbocycles. The maximum Gasteiger partial charge on any atom is 0.341 e. The maximum absolute atomic E-state index is 11.7. The van der Waals surface area contributed by atoms with Crippen LogP contribution in [0.1, 0.15) is 29.6 Å². The standard InChI is InChI=1S/C14H18N2O4/c1-20-14(19)11-3-2-7-15-13(11)16-8-6-10(9-16)4-5-12(17)18/h2-3,7,10H,4-6,8-9H2,1H3,(H,17,18). The lowest BCUT2D eigenvalue weighted by atomic mass is 10.0. The maximum atomic E-state index is 11.7. The highest BCUT2D eigenvalue weighted by Gasteiger charge is 2.27. The van der Waals surface area contributed by atoms with Gasteiger partial charge in [-0.25, -0.2) is 9.78 Å². The summed E-state index contributed by atoms with van der Waals surface area (Å²) in [5.41, 5.74) is 0.453. The molecule has 1 N–H and O–H groups in total. The smallest absolute Gasteiger partial charge is 0.341 e. The number of pyridine rings is 1. The number of carbonyl (C=O) groups excluding carboxylic acids is 1. The van der Waals surface area contributed by atoms with Gasteiger partial charge >= 0.3 is 11.9 Å². The Bertz CT molecular complexity index is 504. The van der Waals surface area contributed by atoms with Crippen LogP contribution in [0.25, 0.3) is 0 Å². The topological polar surface area (TPSA) is 79.7 Å². The van der Waals surface area contributed by atoms with E-state index in [2.05, 4.69) is 4.98 Å². The molecule has 1 aliphatic heterocycles. The number of ether oxygens (including phenoxy) is 1. The van der Waals surface area contributed by atoms with E-state index >= 15 is 0 Å². The van der Waals surface area contributed by atoms with E-state index in [0.29, 0.717) is 23.7 Å². The van der Waals surface area contributed by atoms with Crippen molar-refractivity contribution < 1.29 is 19.4 Å². The number of hydrogen-bond donors (Lipinski definition) is 1. The molecule has 1 aromatic heterocycles. The molecule has 0 aromatic carbocycles. The van der Waals surface area contributed by atoms with Gasteiger partial charge in [-0.3, -0.25) is 4.79 Å². The molecule has 1 saturated heterocycles. The SMILES string of the molecule is COC(=O)c1cccnc1N1CCC(CCC(=O)O)C1. The molecule has 1 fully saturated rings. The molecule has 0 amide bonds. The van der Waals surface area contributed by atoms with Gasteiger partial charge in [0.15, 0.2) is 0 Å². The van der Waals surface area contributed by atoms with Crippen LogP contribution in [0.5, 0.6) is 0 Å². The summed E-state index contributed by atoms with van der Waals surface area (Å²) in [6, 6.07) is 3.40. The lowest BCUT2D eigenvalue weighted by molar-refractivity contribution is -0.137. The summed E-state index contributed by atoms with van der Waals surface area (Å²) in [5.74, 6) is -0.214. The number of methoxy groups -OCH3 is 1. The minimum Gasteiger partial charge on any atom is -0.481 e. The molecule has 108 valence electrons. The molecular weight excluding hydrogens is 260 g/mol. The molecule has 1 aliphatic rings. The molecule has 6 nitrogen and oxygen atoms in total. The molecule has 1 unspecified atom stereocenters. The third kappa shape index (κ3) is 3.26. The Morgan fingerprint density at radius 2 is 2.35 bits per heavy atom. The number of aromatic nitrogens is 1. The number of carboxylic acids is 1. The first-order chi connectivity index (χ1) is 9.61. The molecule has 2 heterocycles. The van der Waals surface area contributed by atoms with Crippen molar-refractivity contribution in [1.82, 2.24) is 4.98 Å². The molecule has 2 rings (SSSR count). The third-order valence-electron chi connectivity index (χ3n) is 3.54. The highest BCUT2D eigenvalue weighted by Crippen LogP contribution is 2.27. The second-order valence-corrected chi connectivity index (χ2v) is 4.90. The molecular formula is C14H18N2O4.